The van der Waals surface area contributed by atoms with Crippen LogP contribution in [0.3, 0.4) is 0 Å². The van der Waals surface area contributed by atoms with Gasteiger partial charge in [0.2, 0.25) is 5.91 Å². The van der Waals surface area contributed by atoms with Crippen LogP contribution in [0.15, 0.2) is 65.6 Å². The van der Waals surface area contributed by atoms with Crippen LogP contribution >= 0.6 is 11.8 Å². The Morgan fingerprint density at radius 3 is 2.19 bits per heavy atom. The van der Waals surface area contributed by atoms with E-state index in [0.717, 1.165) is 16.9 Å². The summed E-state index contributed by atoms with van der Waals surface area (Å²) >= 11 is 1.59. The zero-order valence-electron chi connectivity index (χ0n) is 12.5. The molecule has 21 heavy (non-hydrogen) atoms. The normalized spacial score (nSPS) is 13.4. The molecule has 0 heterocycles. The quantitative estimate of drug-likeness (QED) is 0.799. The standard InChI is InChI=1S/C18H21NOS/c1-3-17(15-10-6-4-7-11-15)19-18(20)14(2)21-16-12-8-5-9-13-16/h4-14,17H,3H2,1-2H3,(H,19,20)/t14-,17+/m1/s1. The van der Waals surface area contributed by atoms with Crippen molar-refractivity contribution in [3.8, 4) is 0 Å². The molecular formula is C18H21NOS. The molecule has 1 N–H and O–H groups in total. The van der Waals surface area contributed by atoms with Gasteiger partial charge in [0.15, 0.2) is 0 Å². The van der Waals surface area contributed by atoms with Gasteiger partial charge in [-0.25, -0.2) is 0 Å². The van der Waals surface area contributed by atoms with Crippen molar-refractivity contribution in [3.05, 3.63) is 66.2 Å². The number of thioether (sulfide) groups is 1. The summed E-state index contributed by atoms with van der Waals surface area (Å²) in [7, 11) is 0. The minimum Gasteiger partial charge on any atom is -0.348 e. The van der Waals surface area contributed by atoms with Crippen molar-refractivity contribution in [3.63, 3.8) is 0 Å². The van der Waals surface area contributed by atoms with Gasteiger partial charge in [0.1, 0.15) is 0 Å². The first kappa shape index (κ1) is 15.6. The SMILES string of the molecule is CC[C@H](NC(=O)[C@@H](C)Sc1ccccc1)c1ccccc1. The van der Waals surface area contributed by atoms with E-state index in [2.05, 4.69) is 24.4 Å². The molecule has 2 rings (SSSR count). The second-order valence-corrected chi connectivity index (χ2v) is 6.37. The van der Waals surface area contributed by atoms with Crippen LogP contribution in [0.5, 0.6) is 0 Å². The van der Waals surface area contributed by atoms with Gasteiger partial charge < -0.3 is 5.32 Å². The molecule has 0 saturated carbocycles. The van der Waals surface area contributed by atoms with Crippen molar-refractivity contribution in [1.82, 2.24) is 5.32 Å². The topological polar surface area (TPSA) is 29.1 Å². The van der Waals surface area contributed by atoms with Crippen LogP contribution in [-0.2, 0) is 4.79 Å². The second kappa shape index (κ2) is 7.89. The van der Waals surface area contributed by atoms with Crippen LogP contribution in [0, 0.1) is 0 Å². The maximum absolute atomic E-state index is 12.4. The van der Waals surface area contributed by atoms with Gasteiger partial charge in [0.05, 0.1) is 11.3 Å². The lowest BCUT2D eigenvalue weighted by atomic mass is 10.0. The highest BCUT2D eigenvalue weighted by Crippen LogP contribution is 2.24. The summed E-state index contributed by atoms with van der Waals surface area (Å²) in [4.78, 5) is 13.5. The Hall–Kier alpha value is -1.74. The van der Waals surface area contributed by atoms with Crippen LogP contribution < -0.4 is 5.32 Å². The molecule has 0 aromatic heterocycles. The highest BCUT2D eigenvalue weighted by molar-refractivity contribution is 8.00. The third kappa shape index (κ3) is 4.64. The maximum atomic E-state index is 12.4. The van der Waals surface area contributed by atoms with Gasteiger partial charge in [0.25, 0.3) is 0 Å². The first-order valence-corrected chi connectivity index (χ1v) is 8.15. The van der Waals surface area contributed by atoms with Crippen LogP contribution in [0.1, 0.15) is 31.9 Å². The maximum Gasteiger partial charge on any atom is 0.233 e. The Morgan fingerprint density at radius 2 is 1.62 bits per heavy atom. The minimum atomic E-state index is -0.106. The van der Waals surface area contributed by atoms with Gasteiger partial charge in [-0.3, -0.25) is 4.79 Å². The van der Waals surface area contributed by atoms with E-state index in [1.165, 1.54) is 0 Å². The fraction of sp³-hybridized carbons (Fsp3) is 0.278. The Morgan fingerprint density at radius 1 is 1.05 bits per heavy atom. The molecule has 110 valence electrons. The summed E-state index contributed by atoms with van der Waals surface area (Å²) in [6.45, 7) is 4.04. The monoisotopic (exact) mass is 299 g/mol. The molecule has 0 bridgehead atoms. The molecule has 0 radical (unpaired) electrons. The molecule has 0 saturated heterocycles. The number of hydrogen-bond donors (Lipinski definition) is 1. The van der Waals surface area contributed by atoms with E-state index in [9.17, 15) is 4.79 Å². The highest BCUT2D eigenvalue weighted by Gasteiger charge is 2.18. The predicted octanol–water partition coefficient (Wildman–Crippen LogP) is 4.43. The van der Waals surface area contributed by atoms with Crippen molar-refractivity contribution in [2.75, 3.05) is 0 Å². The summed E-state index contributed by atoms with van der Waals surface area (Å²) in [5, 5.41) is 3.04. The molecule has 2 aromatic carbocycles. The molecule has 0 aliphatic heterocycles. The van der Waals surface area contributed by atoms with Crippen molar-refractivity contribution >= 4 is 17.7 Å². The van der Waals surface area contributed by atoms with Crippen molar-refractivity contribution in [1.29, 1.82) is 0 Å². The summed E-state index contributed by atoms with van der Waals surface area (Å²) in [6.07, 6.45) is 0.887. The molecule has 0 unspecified atom stereocenters. The minimum absolute atomic E-state index is 0.0810. The fourth-order valence-electron chi connectivity index (χ4n) is 2.15. The molecule has 0 spiro atoms. The number of rotatable bonds is 6. The number of amides is 1. The van der Waals surface area contributed by atoms with Gasteiger partial charge in [-0.15, -0.1) is 11.8 Å². The Kier molecular flexibility index (Phi) is 5.88. The van der Waals surface area contributed by atoms with Gasteiger partial charge in [-0.05, 0) is 31.0 Å². The van der Waals surface area contributed by atoms with Crippen LogP contribution in [0.25, 0.3) is 0 Å². The van der Waals surface area contributed by atoms with Gasteiger partial charge in [-0.1, -0.05) is 55.5 Å². The van der Waals surface area contributed by atoms with E-state index >= 15 is 0 Å². The molecule has 2 nitrogen and oxygen atoms in total. The first-order chi connectivity index (χ1) is 10.2. The molecule has 1 amide bonds. The number of carbonyl (C=O) groups is 1. The smallest absolute Gasteiger partial charge is 0.233 e. The second-order valence-electron chi connectivity index (χ2n) is 4.95. The number of hydrogen-bond acceptors (Lipinski definition) is 2. The van der Waals surface area contributed by atoms with E-state index in [-0.39, 0.29) is 17.2 Å². The van der Waals surface area contributed by atoms with E-state index in [4.69, 9.17) is 0 Å². The predicted molar refractivity (Wildman–Crippen MR) is 89.4 cm³/mol. The zero-order chi connectivity index (χ0) is 15.1. The van der Waals surface area contributed by atoms with Crippen LogP contribution in [0.4, 0.5) is 0 Å². The number of carbonyl (C=O) groups excluding carboxylic acids is 1. The molecule has 3 heteroatoms. The Labute approximate surface area is 131 Å². The van der Waals surface area contributed by atoms with E-state index in [0.29, 0.717) is 0 Å². The van der Waals surface area contributed by atoms with Gasteiger partial charge in [-0.2, -0.15) is 0 Å². The lowest BCUT2D eigenvalue weighted by Gasteiger charge is -2.20. The largest absolute Gasteiger partial charge is 0.348 e. The third-order valence-corrected chi connectivity index (χ3v) is 4.46. The average Bonchev–Trinajstić information content (AvgIpc) is 2.54. The van der Waals surface area contributed by atoms with Crippen LogP contribution in [-0.4, -0.2) is 11.2 Å². The Balaban J connectivity index is 1.96. The number of benzene rings is 2. The molecule has 0 fully saturated rings. The van der Waals surface area contributed by atoms with Gasteiger partial charge in [0, 0.05) is 4.90 Å². The first-order valence-electron chi connectivity index (χ1n) is 7.27. The van der Waals surface area contributed by atoms with E-state index < -0.39 is 0 Å². The van der Waals surface area contributed by atoms with Crippen LogP contribution in [0.2, 0.25) is 0 Å². The van der Waals surface area contributed by atoms with E-state index in [1.807, 2.05) is 55.5 Å². The summed E-state index contributed by atoms with van der Waals surface area (Å²) < 4.78 is 0. The lowest BCUT2D eigenvalue weighted by molar-refractivity contribution is -0.121. The summed E-state index contributed by atoms with van der Waals surface area (Å²) in [5.41, 5.74) is 1.16. The molecule has 0 aliphatic rings. The lowest BCUT2D eigenvalue weighted by Crippen LogP contribution is -2.34. The van der Waals surface area contributed by atoms with Crippen molar-refractivity contribution in [2.24, 2.45) is 0 Å². The Bertz CT molecular complexity index is 556. The highest BCUT2D eigenvalue weighted by atomic mass is 32.2. The van der Waals surface area contributed by atoms with Crippen molar-refractivity contribution < 1.29 is 4.79 Å². The molecular weight excluding hydrogens is 278 g/mol. The molecule has 2 atom stereocenters. The van der Waals surface area contributed by atoms with E-state index in [1.54, 1.807) is 11.8 Å². The van der Waals surface area contributed by atoms with Gasteiger partial charge >= 0.3 is 0 Å². The van der Waals surface area contributed by atoms with Crippen molar-refractivity contribution in [2.45, 2.75) is 36.5 Å². The fourth-order valence-corrected chi connectivity index (χ4v) is 3.05. The summed E-state index contributed by atoms with van der Waals surface area (Å²) in [5.74, 6) is 0.0829. The zero-order valence-corrected chi connectivity index (χ0v) is 13.3. The molecule has 0 aliphatic carbocycles. The number of nitrogens with one attached hydrogen (secondary N) is 1. The third-order valence-electron chi connectivity index (χ3n) is 3.35. The molecule has 2 aromatic rings. The average molecular weight is 299 g/mol. The summed E-state index contributed by atoms with van der Waals surface area (Å²) in [6, 6.07) is 20.2.